The van der Waals surface area contributed by atoms with Crippen LogP contribution in [-0.2, 0) is 0 Å². The second kappa shape index (κ2) is 14.2. The molecule has 0 spiro atoms. The Morgan fingerprint density at radius 1 is 0.647 bits per heavy atom. The van der Waals surface area contributed by atoms with E-state index < -0.39 is 0 Å². The minimum atomic E-state index is 1.07. The van der Waals surface area contributed by atoms with Crippen LogP contribution in [0.3, 0.4) is 0 Å². The Bertz CT molecular complexity index is 333. The number of allylic oxidation sites excluding steroid dienone is 13. The molecule has 0 nitrogen and oxygen atoms in total. The van der Waals surface area contributed by atoms with Gasteiger partial charge in [-0.25, -0.2) is 0 Å². The van der Waals surface area contributed by atoms with Gasteiger partial charge in [0.25, 0.3) is 0 Å². The van der Waals surface area contributed by atoms with Crippen molar-refractivity contribution in [2.24, 2.45) is 0 Å². The first kappa shape index (κ1) is 15.2. The molecule has 0 amide bonds. The monoisotopic (exact) mass is 226 g/mol. The van der Waals surface area contributed by atoms with E-state index in [4.69, 9.17) is 0 Å². The summed E-state index contributed by atoms with van der Waals surface area (Å²) in [6.07, 6.45) is 28.4. The molecule has 90 valence electrons. The molecule has 0 radical (unpaired) electrons. The van der Waals surface area contributed by atoms with Crippen LogP contribution in [0.15, 0.2) is 85.6 Å². The average Bonchev–Trinajstić information content (AvgIpc) is 2.35. The van der Waals surface area contributed by atoms with Gasteiger partial charge in [-0.1, -0.05) is 85.6 Å². The lowest BCUT2D eigenvalue weighted by Gasteiger charge is -1.83. The van der Waals surface area contributed by atoms with Gasteiger partial charge in [0, 0.05) is 0 Å². The fourth-order valence-electron chi connectivity index (χ4n) is 1.05. The molecule has 17 heavy (non-hydrogen) atoms. The summed E-state index contributed by atoms with van der Waals surface area (Å²) in [5.41, 5.74) is 0. The highest BCUT2D eigenvalue weighted by Crippen LogP contribution is 1.94. The zero-order valence-corrected chi connectivity index (χ0v) is 10.6. The summed E-state index contributed by atoms with van der Waals surface area (Å²) in [4.78, 5) is 0. The van der Waals surface area contributed by atoms with Crippen LogP contribution < -0.4 is 0 Å². The van der Waals surface area contributed by atoms with Crippen LogP contribution in [-0.4, -0.2) is 0 Å². The van der Waals surface area contributed by atoms with Crippen molar-refractivity contribution in [2.45, 2.75) is 19.8 Å². The first-order valence-electron chi connectivity index (χ1n) is 5.97. The van der Waals surface area contributed by atoms with Gasteiger partial charge >= 0.3 is 0 Å². The molecule has 0 aromatic heterocycles. The van der Waals surface area contributed by atoms with Crippen molar-refractivity contribution in [3.8, 4) is 0 Å². The van der Waals surface area contributed by atoms with Crippen molar-refractivity contribution >= 4 is 0 Å². The van der Waals surface area contributed by atoms with Gasteiger partial charge in [0.05, 0.1) is 0 Å². The number of hydrogen-bond donors (Lipinski definition) is 0. The summed E-state index contributed by atoms with van der Waals surface area (Å²) in [5.74, 6) is 0. The van der Waals surface area contributed by atoms with Crippen LogP contribution in [0.5, 0.6) is 0 Å². The topological polar surface area (TPSA) is 0 Å². The lowest BCUT2D eigenvalue weighted by atomic mass is 10.2. The quantitative estimate of drug-likeness (QED) is 0.388. The maximum Gasteiger partial charge on any atom is -0.0313 e. The Kier molecular flexibility index (Phi) is 12.7. The first-order chi connectivity index (χ1) is 8.41. The first-order valence-corrected chi connectivity index (χ1v) is 5.97. The van der Waals surface area contributed by atoms with E-state index in [0.717, 1.165) is 12.8 Å². The Labute approximate surface area is 106 Å². The normalized spacial score (nSPS) is 13.5. The van der Waals surface area contributed by atoms with Crippen molar-refractivity contribution in [3.05, 3.63) is 85.6 Å². The van der Waals surface area contributed by atoms with Crippen LogP contribution in [0.4, 0.5) is 0 Å². The molecule has 0 aromatic carbocycles. The average molecular weight is 226 g/mol. The third kappa shape index (κ3) is 14.2. The van der Waals surface area contributed by atoms with Crippen LogP contribution in [0, 0.1) is 0 Å². The summed E-state index contributed by atoms with van der Waals surface area (Å²) >= 11 is 0. The van der Waals surface area contributed by atoms with Crippen LogP contribution in [0.25, 0.3) is 0 Å². The lowest BCUT2D eigenvalue weighted by molar-refractivity contribution is 1.05. The third-order valence-electron chi connectivity index (χ3n) is 1.88. The molecular weight excluding hydrogens is 204 g/mol. The minimum Gasteiger partial charge on any atom is -0.0991 e. The summed E-state index contributed by atoms with van der Waals surface area (Å²) in [7, 11) is 0. The molecule has 0 aliphatic heterocycles. The molecule has 0 saturated carbocycles. The standard InChI is InChI=1S/C17H22/c1-3-5-7-9-11-13-15-17-16-14-12-10-8-6-4-2/h3-12,14,16-17H,1,13,15H2,2H3/b6-4+,7-5+,10-8+,11-9+,14-12+,17-16+. The number of rotatable bonds is 8. The Hall–Kier alpha value is -1.82. The van der Waals surface area contributed by atoms with Crippen LogP contribution in [0.2, 0.25) is 0 Å². The third-order valence-corrected chi connectivity index (χ3v) is 1.88. The molecule has 0 heteroatoms. The second-order valence-electron chi connectivity index (χ2n) is 3.35. The highest BCUT2D eigenvalue weighted by atomic mass is 13.8. The fourth-order valence-corrected chi connectivity index (χ4v) is 1.05. The zero-order valence-electron chi connectivity index (χ0n) is 10.6. The molecule has 0 aromatic rings. The van der Waals surface area contributed by atoms with Crippen LogP contribution >= 0.6 is 0 Å². The molecule has 0 fully saturated rings. The predicted octanol–water partition coefficient (Wildman–Crippen LogP) is 5.31. The van der Waals surface area contributed by atoms with Gasteiger partial charge in [-0.15, -0.1) is 0 Å². The second-order valence-corrected chi connectivity index (χ2v) is 3.35. The van der Waals surface area contributed by atoms with E-state index in [1.807, 2.05) is 61.6 Å². The fraction of sp³-hybridized carbons (Fsp3) is 0.176. The molecule has 0 N–H and O–H groups in total. The van der Waals surface area contributed by atoms with Gasteiger partial charge in [0.15, 0.2) is 0 Å². The van der Waals surface area contributed by atoms with E-state index in [2.05, 4.69) is 24.8 Å². The van der Waals surface area contributed by atoms with E-state index in [1.165, 1.54) is 0 Å². The molecule has 0 saturated heterocycles. The van der Waals surface area contributed by atoms with Crippen molar-refractivity contribution in [1.82, 2.24) is 0 Å². The van der Waals surface area contributed by atoms with Crippen LogP contribution in [0.1, 0.15) is 19.8 Å². The van der Waals surface area contributed by atoms with Gasteiger partial charge < -0.3 is 0 Å². The highest BCUT2D eigenvalue weighted by Gasteiger charge is 1.73. The molecule has 0 atom stereocenters. The summed E-state index contributed by atoms with van der Waals surface area (Å²) in [6, 6.07) is 0. The van der Waals surface area contributed by atoms with E-state index in [1.54, 1.807) is 6.08 Å². The number of hydrogen-bond acceptors (Lipinski definition) is 0. The van der Waals surface area contributed by atoms with E-state index in [0.29, 0.717) is 0 Å². The summed E-state index contributed by atoms with van der Waals surface area (Å²) < 4.78 is 0. The van der Waals surface area contributed by atoms with E-state index in [-0.39, 0.29) is 0 Å². The molecule has 0 rings (SSSR count). The van der Waals surface area contributed by atoms with Gasteiger partial charge in [-0.05, 0) is 19.8 Å². The SMILES string of the molecule is C=C/C=C/C=C/CC/C=C/C=C/C=C/C=C/C. The maximum absolute atomic E-state index is 3.61. The highest BCUT2D eigenvalue weighted by molar-refractivity contribution is 5.15. The van der Waals surface area contributed by atoms with Gasteiger partial charge in [-0.2, -0.15) is 0 Å². The molecular formula is C17H22. The smallest absolute Gasteiger partial charge is 0.0313 e. The molecule has 0 aliphatic rings. The zero-order chi connectivity index (χ0) is 12.6. The van der Waals surface area contributed by atoms with E-state index >= 15 is 0 Å². The van der Waals surface area contributed by atoms with Crippen molar-refractivity contribution in [3.63, 3.8) is 0 Å². The Balaban J connectivity index is 3.57. The lowest BCUT2D eigenvalue weighted by Crippen LogP contribution is -1.63. The largest absolute Gasteiger partial charge is 0.0991 e. The summed E-state index contributed by atoms with van der Waals surface area (Å²) in [6.45, 7) is 5.61. The number of unbranched alkanes of at least 4 members (excludes halogenated alkanes) is 1. The van der Waals surface area contributed by atoms with E-state index in [9.17, 15) is 0 Å². The van der Waals surface area contributed by atoms with Gasteiger partial charge in [-0.3, -0.25) is 0 Å². The van der Waals surface area contributed by atoms with Crippen molar-refractivity contribution in [1.29, 1.82) is 0 Å². The minimum absolute atomic E-state index is 1.07. The predicted molar refractivity (Wildman–Crippen MR) is 79.9 cm³/mol. The molecule has 0 unspecified atom stereocenters. The van der Waals surface area contributed by atoms with Gasteiger partial charge in [0.1, 0.15) is 0 Å². The Morgan fingerprint density at radius 2 is 1.12 bits per heavy atom. The molecule has 0 aliphatic carbocycles. The Morgan fingerprint density at radius 3 is 1.65 bits per heavy atom. The molecule has 0 bridgehead atoms. The van der Waals surface area contributed by atoms with Gasteiger partial charge in [0.2, 0.25) is 0 Å². The maximum atomic E-state index is 3.61. The van der Waals surface area contributed by atoms with Crippen molar-refractivity contribution in [2.75, 3.05) is 0 Å². The molecule has 0 heterocycles. The summed E-state index contributed by atoms with van der Waals surface area (Å²) in [5, 5.41) is 0. The van der Waals surface area contributed by atoms with Crippen molar-refractivity contribution < 1.29 is 0 Å².